The number of methoxy groups -OCH3 is 1. The van der Waals surface area contributed by atoms with Gasteiger partial charge in [-0.1, -0.05) is 12.1 Å². The van der Waals surface area contributed by atoms with Gasteiger partial charge in [-0.3, -0.25) is 0 Å². The number of piperidine rings is 1. The highest BCUT2D eigenvalue weighted by Crippen LogP contribution is 2.43. The predicted molar refractivity (Wildman–Crippen MR) is 88.8 cm³/mol. The van der Waals surface area contributed by atoms with Crippen LogP contribution in [0.15, 0.2) is 30.4 Å². The summed E-state index contributed by atoms with van der Waals surface area (Å²) < 4.78 is 17.2. The molecule has 0 amide bonds. The van der Waals surface area contributed by atoms with Crippen molar-refractivity contribution in [2.75, 3.05) is 20.7 Å². The summed E-state index contributed by atoms with van der Waals surface area (Å²) in [7, 11) is 3.85. The van der Waals surface area contributed by atoms with Crippen LogP contribution in [0.3, 0.4) is 0 Å². The summed E-state index contributed by atoms with van der Waals surface area (Å²) in [5.41, 5.74) is 1.25. The van der Waals surface area contributed by atoms with Crippen LogP contribution in [0.25, 0.3) is 0 Å². The molecule has 0 aromatic heterocycles. The van der Waals surface area contributed by atoms with Crippen LogP contribution in [0.1, 0.15) is 12.0 Å². The van der Waals surface area contributed by atoms with Crippen LogP contribution in [-0.4, -0.2) is 43.9 Å². The van der Waals surface area contributed by atoms with Crippen molar-refractivity contribution in [1.29, 1.82) is 5.26 Å². The summed E-state index contributed by atoms with van der Waals surface area (Å²) in [4.78, 5) is 2.45. The Kier molecular flexibility index (Phi) is 3.85. The molecule has 1 aromatic rings. The van der Waals surface area contributed by atoms with Crippen LogP contribution in [0.4, 0.5) is 0 Å². The first-order valence-corrected chi connectivity index (χ1v) is 8.48. The van der Waals surface area contributed by atoms with E-state index in [9.17, 15) is 0 Å². The number of benzene rings is 1. The maximum atomic E-state index is 9.01. The molecule has 5 atom stereocenters. The zero-order valence-electron chi connectivity index (χ0n) is 14.0. The summed E-state index contributed by atoms with van der Waals surface area (Å²) in [6.45, 7) is 1.03. The van der Waals surface area contributed by atoms with Gasteiger partial charge in [0, 0.05) is 12.0 Å². The summed E-state index contributed by atoms with van der Waals surface area (Å²) in [6, 6.07) is 6.60. The SMILES string of the molecule is COc1ccc2cc1O[C@@H]1[C@H]3CCN(C)[C@H](C2)[C@@H]3C=C[C@@H]1OC#N. The minimum atomic E-state index is -0.341. The first-order chi connectivity index (χ1) is 11.7. The van der Waals surface area contributed by atoms with Crippen LogP contribution in [0.5, 0.6) is 11.5 Å². The fourth-order valence-electron chi connectivity index (χ4n) is 4.48. The Morgan fingerprint density at radius 2 is 2.21 bits per heavy atom. The number of fused-ring (bicyclic) bond motifs is 2. The third kappa shape index (κ3) is 2.42. The molecule has 4 rings (SSSR count). The number of nitrogens with zero attached hydrogens (tertiary/aromatic N) is 2. The highest BCUT2D eigenvalue weighted by atomic mass is 16.6. The topological polar surface area (TPSA) is 54.7 Å². The van der Waals surface area contributed by atoms with Gasteiger partial charge in [0.2, 0.25) is 0 Å². The molecule has 2 aliphatic heterocycles. The van der Waals surface area contributed by atoms with Gasteiger partial charge in [-0.25, -0.2) is 0 Å². The Morgan fingerprint density at radius 1 is 1.33 bits per heavy atom. The van der Waals surface area contributed by atoms with E-state index in [1.165, 1.54) is 5.56 Å². The number of nitriles is 1. The van der Waals surface area contributed by atoms with Crippen LogP contribution in [0.2, 0.25) is 0 Å². The second-order valence-electron chi connectivity index (χ2n) is 6.91. The normalized spacial score (nSPS) is 34.1. The monoisotopic (exact) mass is 326 g/mol. The van der Waals surface area contributed by atoms with E-state index in [0.29, 0.717) is 17.9 Å². The van der Waals surface area contributed by atoms with Crippen LogP contribution >= 0.6 is 0 Å². The van der Waals surface area contributed by atoms with Crippen LogP contribution < -0.4 is 9.47 Å². The van der Waals surface area contributed by atoms with Crippen molar-refractivity contribution in [2.24, 2.45) is 11.8 Å². The van der Waals surface area contributed by atoms with Crippen molar-refractivity contribution in [3.05, 3.63) is 35.9 Å². The van der Waals surface area contributed by atoms with Gasteiger partial charge in [0.05, 0.1) is 7.11 Å². The van der Waals surface area contributed by atoms with Gasteiger partial charge in [0.15, 0.2) is 17.6 Å². The van der Waals surface area contributed by atoms with E-state index >= 15 is 0 Å². The summed E-state index contributed by atoms with van der Waals surface area (Å²) in [5, 5.41) is 9.01. The molecule has 126 valence electrons. The van der Waals surface area contributed by atoms with Crippen molar-refractivity contribution >= 4 is 0 Å². The molecule has 0 radical (unpaired) electrons. The van der Waals surface area contributed by atoms with Crippen molar-refractivity contribution in [3.8, 4) is 17.8 Å². The summed E-state index contributed by atoms with van der Waals surface area (Å²) in [5.74, 6) is 2.22. The molecule has 0 unspecified atom stereocenters. The number of likely N-dealkylation sites (N-methyl/N-ethyl adjacent to an activating group) is 1. The number of ether oxygens (including phenoxy) is 3. The Hall–Kier alpha value is -2.19. The number of rotatable bonds is 2. The molecule has 1 fully saturated rings. The van der Waals surface area contributed by atoms with Gasteiger partial charge in [0.1, 0.15) is 6.10 Å². The second-order valence-corrected chi connectivity index (χ2v) is 6.91. The summed E-state index contributed by atoms with van der Waals surface area (Å²) in [6.07, 6.45) is 7.59. The minimum absolute atomic E-state index is 0.168. The van der Waals surface area contributed by atoms with E-state index < -0.39 is 0 Å². The Morgan fingerprint density at radius 3 is 3.00 bits per heavy atom. The van der Waals surface area contributed by atoms with Crippen LogP contribution in [-0.2, 0) is 11.2 Å². The predicted octanol–water partition coefficient (Wildman–Crippen LogP) is 2.37. The zero-order chi connectivity index (χ0) is 16.7. The lowest BCUT2D eigenvalue weighted by atomic mass is 9.71. The third-order valence-corrected chi connectivity index (χ3v) is 5.71. The van der Waals surface area contributed by atoms with E-state index in [1.807, 2.05) is 18.4 Å². The van der Waals surface area contributed by atoms with Crippen molar-refractivity contribution in [1.82, 2.24) is 4.90 Å². The minimum Gasteiger partial charge on any atom is -0.493 e. The fourth-order valence-corrected chi connectivity index (χ4v) is 4.48. The highest BCUT2D eigenvalue weighted by molar-refractivity contribution is 5.44. The molecule has 1 saturated heterocycles. The van der Waals surface area contributed by atoms with Crippen LogP contribution in [0, 0.1) is 23.4 Å². The highest BCUT2D eigenvalue weighted by Gasteiger charge is 2.46. The Labute approximate surface area is 142 Å². The average molecular weight is 326 g/mol. The molecular weight excluding hydrogens is 304 g/mol. The molecule has 2 heterocycles. The maximum absolute atomic E-state index is 9.01. The zero-order valence-corrected chi connectivity index (χ0v) is 14.0. The molecule has 24 heavy (non-hydrogen) atoms. The van der Waals surface area contributed by atoms with Gasteiger partial charge >= 0.3 is 0 Å². The van der Waals surface area contributed by atoms with Crippen molar-refractivity contribution < 1.29 is 14.2 Å². The van der Waals surface area contributed by atoms with E-state index in [4.69, 9.17) is 19.5 Å². The second kappa shape index (κ2) is 6.03. The first-order valence-electron chi connectivity index (χ1n) is 8.48. The Balaban J connectivity index is 1.81. The molecule has 3 aliphatic rings. The maximum Gasteiger partial charge on any atom is 0.287 e. The molecule has 1 aliphatic carbocycles. The van der Waals surface area contributed by atoms with Gasteiger partial charge in [-0.2, -0.15) is 5.26 Å². The Bertz CT molecular complexity index is 696. The molecular formula is C19H22N2O3. The first kappa shape index (κ1) is 15.3. The lowest BCUT2D eigenvalue weighted by molar-refractivity contribution is -0.0374. The third-order valence-electron chi connectivity index (χ3n) is 5.71. The van der Waals surface area contributed by atoms with E-state index in [0.717, 1.165) is 30.9 Å². The molecule has 0 saturated carbocycles. The smallest absolute Gasteiger partial charge is 0.287 e. The van der Waals surface area contributed by atoms with Gasteiger partial charge in [-0.05, 0) is 56.1 Å². The fraction of sp³-hybridized carbons (Fsp3) is 0.526. The van der Waals surface area contributed by atoms with Gasteiger partial charge in [-0.15, -0.1) is 0 Å². The lowest BCUT2D eigenvalue weighted by Crippen LogP contribution is -2.55. The summed E-state index contributed by atoms with van der Waals surface area (Å²) >= 11 is 0. The van der Waals surface area contributed by atoms with E-state index in [1.54, 1.807) is 7.11 Å². The number of likely N-dealkylation sites (tertiary alicyclic amines) is 1. The van der Waals surface area contributed by atoms with Crippen molar-refractivity contribution in [3.63, 3.8) is 0 Å². The largest absolute Gasteiger partial charge is 0.493 e. The molecule has 0 spiro atoms. The molecule has 0 N–H and O–H groups in total. The van der Waals surface area contributed by atoms with E-state index in [2.05, 4.69) is 30.2 Å². The average Bonchev–Trinajstić information content (AvgIpc) is 2.60. The number of hydrogen-bond donors (Lipinski definition) is 0. The standard InChI is InChI=1S/C19H22N2O3/c1-21-8-7-14-13-4-6-17(23-11-20)19(14)24-18-10-12(9-15(13)21)3-5-16(18)22-2/h3-6,10,13-15,17,19H,7-9H2,1-2H3/t13-,14+,15-,17+,19-/m1/s1. The lowest BCUT2D eigenvalue weighted by Gasteiger charge is -2.47. The number of hydrogen-bond acceptors (Lipinski definition) is 5. The van der Waals surface area contributed by atoms with Crippen molar-refractivity contribution in [2.45, 2.75) is 31.1 Å². The molecule has 1 aromatic carbocycles. The quantitative estimate of drug-likeness (QED) is 0.617. The van der Waals surface area contributed by atoms with Gasteiger partial charge in [0.25, 0.3) is 6.26 Å². The van der Waals surface area contributed by atoms with Gasteiger partial charge < -0.3 is 19.1 Å². The molecule has 6 bridgehead atoms. The molecule has 5 heteroatoms. The molecule has 5 nitrogen and oxygen atoms in total. The van der Waals surface area contributed by atoms with E-state index in [-0.39, 0.29) is 12.2 Å².